The first kappa shape index (κ1) is 23.8. The molecule has 2 fully saturated rings. The van der Waals surface area contributed by atoms with Crippen molar-refractivity contribution in [2.24, 2.45) is 10.8 Å². The number of hydrogen-bond donors (Lipinski definition) is 0. The molecule has 1 aliphatic heterocycles. The maximum absolute atomic E-state index is 13.1. The Balaban J connectivity index is 2.06. The largest absolute Gasteiger partial charge is 0.465 e. The number of allylic oxidation sites excluding steroid dienone is 1. The second-order valence-corrected chi connectivity index (χ2v) is 10.4. The molecule has 1 spiro atoms. The molecule has 0 bridgehead atoms. The van der Waals surface area contributed by atoms with Crippen LogP contribution in [0, 0.1) is 10.8 Å². The number of methoxy groups -OCH3 is 1. The van der Waals surface area contributed by atoms with E-state index in [9.17, 15) is 9.59 Å². The molecule has 1 saturated carbocycles. The molecule has 7 nitrogen and oxygen atoms in total. The van der Waals surface area contributed by atoms with Crippen molar-refractivity contribution in [1.82, 2.24) is 4.90 Å². The summed E-state index contributed by atoms with van der Waals surface area (Å²) >= 11 is 0. The lowest BCUT2D eigenvalue weighted by molar-refractivity contribution is -0.239. The molecule has 0 aromatic rings. The van der Waals surface area contributed by atoms with E-state index in [-0.39, 0.29) is 17.6 Å². The third kappa shape index (κ3) is 3.80. The van der Waals surface area contributed by atoms with E-state index in [0.29, 0.717) is 31.6 Å². The lowest BCUT2D eigenvalue weighted by atomic mass is 9.60. The molecule has 1 saturated heterocycles. The van der Waals surface area contributed by atoms with E-state index in [1.165, 1.54) is 7.11 Å². The van der Waals surface area contributed by atoms with E-state index >= 15 is 0 Å². The highest BCUT2D eigenvalue weighted by Crippen LogP contribution is 2.66. The van der Waals surface area contributed by atoms with Gasteiger partial charge >= 0.3 is 12.1 Å². The van der Waals surface area contributed by atoms with Gasteiger partial charge in [-0.05, 0) is 51.0 Å². The van der Waals surface area contributed by atoms with Gasteiger partial charge in [0.15, 0.2) is 5.79 Å². The van der Waals surface area contributed by atoms with Crippen LogP contribution in [0.3, 0.4) is 0 Å². The number of amides is 1. The molecule has 0 radical (unpaired) electrons. The lowest BCUT2D eigenvalue weighted by Gasteiger charge is -2.52. The van der Waals surface area contributed by atoms with Gasteiger partial charge in [-0.3, -0.25) is 0 Å². The van der Waals surface area contributed by atoms with Crippen molar-refractivity contribution in [3.63, 3.8) is 0 Å². The average Bonchev–Trinajstić information content (AvgIpc) is 3.23. The third-order valence-electron chi connectivity index (χ3n) is 7.70. The smallest absolute Gasteiger partial charge is 0.410 e. The fraction of sp³-hybridized carbons (Fsp3) is 0.750. The molecular formula is C24H37NO6. The molecule has 0 aromatic heterocycles. The zero-order chi connectivity index (χ0) is 23.2. The molecule has 174 valence electrons. The predicted octanol–water partition coefficient (Wildman–Crippen LogP) is 4.22. The van der Waals surface area contributed by atoms with Gasteiger partial charge in [0.05, 0.1) is 25.9 Å². The Labute approximate surface area is 185 Å². The maximum atomic E-state index is 13.1. The fourth-order valence-corrected chi connectivity index (χ4v) is 5.62. The van der Waals surface area contributed by atoms with E-state index in [2.05, 4.69) is 26.5 Å². The van der Waals surface area contributed by atoms with Gasteiger partial charge in [0, 0.05) is 24.9 Å². The molecular weight excluding hydrogens is 398 g/mol. The summed E-state index contributed by atoms with van der Waals surface area (Å²) in [7, 11) is 3.12. The molecule has 0 aromatic carbocycles. The van der Waals surface area contributed by atoms with Gasteiger partial charge in [0.25, 0.3) is 0 Å². The first-order chi connectivity index (χ1) is 14.3. The second-order valence-electron chi connectivity index (χ2n) is 10.4. The van der Waals surface area contributed by atoms with E-state index < -0.39 is 22.8 Å². The van der Waals surface area contributed by atoms with E-state index in [0.717, 1.165) is 18.4 Å². The molecule has 7 heteroatoms. The van der Waals surface area contributed by atoms with Gasteiger partial charge in [-0.1, -0.05) is 26.5 Å². The highest BCUT2D eigenvalue weighted by atomic mass is 16.7. The number of rotatable bonds is 3. The zero-order valence-electron chi connectivity index (χ0n) is 20.0. The van der Waals surface area contributed by atoms with Gasteiger partial charge in [0.1, 0.15) is 5.60 Å². The van der Waals surface area contributed by atoms with Crippen LogP contribution in [-0.2, 0) is 23.7 Å². The van der Waals surface area contributed by atoms with Crippen molar-refractivity contribution in [2.75, 3.05) is 27.4 Å². The van der Waals surface area contributed by atoms with E-state index in [1.807, 2.05) is 20.8 Å². The quantitative estimate of drug-likeness (QED) is 0.488. The number of hydrogen-bond acceptors (Lipinski definition) is 6. The predicted molar refractivity (Wildman–Crippen MR) is 116 cm³/mol. The summed E-state index contributed by atoms with van der Waals surface area (Å²) in [4.78, 5) is 27.0. The third-order valence-corrected chi connectivity index (χ3v) is 7.70. The molecule has 3 rings (SSSR count). The monoisotopic (exact) mass is 435 g/mol. The summed E-state index contributed by atoms with van der Waals surface area (Å²) in [5, 5.41) is 0. The second kappa shape index (κ2) is 7.93. The van der Waals surface area contributed by atoms with Crippen LogP contribution in [0.15, 0.2) is 23.8 Å². The van der Waals surface area contributed by atoms with Crippen LogP contribution in [0.1, 0.15) is 60.3 Å². The Kier molecular flexibility index (Phi) is 6.08. The van der Waals surface area contributed by atoms with Gasteiger partial charge < -0.3 is 23.8 Å². The summed E-state index contributed by atoms with van der Waals surface area (Å²) in [6, 6.07) is -0.241. The summed E-state index contributed by atoms with van der Waals surface area (Å²) < 4.78 is 23.1. The van der Waals surface area contributed by atoms with Crippen molar-refractivity contribution >= 4 is 12.1 Å². The topological polar surface area (TPSA) is 74.3 Å². The van der Waals surface area contributed by atoms with Crippen LogP contribution in [0.2, 0.25) is 0 Å². The van der Waals surface area contributed by atoms with Crippen molar-refractivity contribution < 1.29 is 28.5 Å². The minimum Gasteiger partial charge on any atom is -0.465 e. The normalized spacial score (nSPS) is 32.1. The number of esters is 1. The molecule has 0 N–H and O–H groups in total. The van der Waals surface area contributed by atoms with Crippen molar-refractivity contribution in [1.29, 1.82) is 0 Å². The Hall–Kier alpha value is -1.86. The Morgan fingerprint density at radius 3 is 2.35 bits per heavy atom. The fourth-order valence-electron chi connectivity index (χ4n) is 5.62. The minimum atomic E-state index is -0.701. The molecule has 2 aliphatic carbocycles. The minimum absolute atomic E-state index is 0.241. The number of ether oxygens (including phenoxy) is 4. The van der Waals surface area contributed by atoms with E-state index in [4.69, 9.17) is 18.9 Å². The summed E-state index contributed by atoms with van der Waals surface area (Å²) in [5.41, 5.74) is -0.243. The molecule has 3 aliphatic rings. The van der Waals surface area contributed by atoms with Crippen LogP contribution in [-0.4, -0.2) is 61.8 Å². The number of carbonyl (C=O) groups excluding carboxylic acids is 2. The SMILES string of the molecule is C=C(C(=O)OC)C1=CC[C@]2(C)C3(CC[C@]2(C)[C@@H](N(C)C(=O)OC(C)(C)C)C1)OCCO3. The highest BCUT2D eigenvalue weighted by Gasteiger charge is 2.69. The Morgan fingerprint density at radius 1 is 1.19 bits per heavy atom. The Morgan fingerprint density at radius 2 is 1.81 bits per heavy atom. The highest BCUT2D eigenvalue weighted by molar-refractivity contribution is 5.92. The lowest BCUT2D eigenvalue weighted by Crippen LogP contribution is -2.58. The van der Waals surface area contributed by atoms with Crippen LogP contribution in [0.5, 0.6) is 0 Å². The number of fused-ring (bicyclic) bond motifs is 2. The van der Waals surface area contributed by atoms with Crippen LogP contribution < -0.4 is 0 Å². The molecule has 31 heavy (non-hydrogen) atoms. The van der Waals surface area contributed by atoms with Crippen LogP contribution >= 0.6 is 0 Å². The van der Waals surface area contributed by atoms with Gasteiger partial charge in [0.2, 0.25) is 0 Å². The zero-order valence-corrected chi connectivity index (χ0v) is 20.0. The maximum Gasteiger partial charge on any atom is 0.410 e. The Bertz CT molecular complexity index is 790. The number of carbonyl (C=O) groups is 2. The van der Waals surface area contributed by atoms with Gasteiger partial charge in [-0.2, -0.15) is 0 Å². The first-order valence-electron chi connectivity index (χ1n) is 11.0. The van der Waals surface area contributed by atoms with Crippen LogP contribution in [0.25, 0.3) is 0 Å². The standard InChI is InChI=1S/C24H37NO6/c1-16(19(26)28-8)17-9-10-23(6)22(5,11-12-24(23)29-13-14-30-24)18(15-17)25(7)20(27)31-21(2,3)4/h9,18H,1,10-15H2,2-8H3/t18-,22+,23-/m0/s1. The molecule has 3 atom stereocenters. The van der Waals surface area contributed by atoms with Crippen LogP contribution in [0.4, 0.5) is 4.79 Å². The summed E-state index contributed by atoms with van der Waals surface area (Å²) in [5.74, 6) is -1.16. The van der Waals surface area contributed by atoms with E-state index in [1.54, 1.807) is 11.9 Å². The van der Waals surface area contributed by atoms with Crippen molar-refractivity contribution in [3.8, 4) is 0 Å². The number of nitrogens with zero attached hydrogens (tertiary/aromatic N) is 1. The van der Waals surface area contributed by atoms with Gasteiger partial charge in [-0.25, -0.2) is 9.59 Å². The first-order valence-corrected chi connectivity index (χ1v) is 11.0. The van der Waals surface area contributed by atoms with Crippen molar-refractivity contribution in [3.05, 3.63) is 23.8 Å². The average molecular weight is 436 g/mol. The molecule has 0 unspecified atom stereocenters. The van der Waals surface area contributed by atoms with Crippen molar-refractivity contribution in [2.45, 2.75) is 77.7 Å². The summed E-state index contributed by atoms with van der Waals surface area (Å²) in [6.45, 7) is 15.0. The molecule has 1 amide bonds. The van der Waals surface area contributed by atoms with Gasteiger partial charge in [-0.15, -0.1) is 0 Å². The molecule has 1 heterocycles. The summed E-state index contributed by atoms with van der Waals surface area (Å²) in [6.07, 6.45) is 4.38.